The minimum Gasteiger partial charge on any atom is -0.466 e. The van der Waals surface area contributed by atoms with Crippen molar-refractivity contribution < 1.29 is 9.53 Å². The molecule has 0 aromatic rings. The molecule has 1 aliphatic carbocycles. The van der Waals surface area contributed by atoms with Gasteiger partial charge in [0.1, 0.15) is 0 Å². The number of ether oxygens (including phenoxy) is 1. The van der Waals surface area contributed by atoms with E-state index in [9.17, 15) is 4.79 Å². The van der Waals surface area contributed by atoms with Crippen LogP contribution in [0.25, 0.3) is 0 Å². The Labute approximate surface area is 116 Å². The van der Waals surface area contributed by atoms with E-state index in [4.69, 9.17) is 4.74 Å². The van der Waals surface area contributed by atoms with Gasteiger partial charge < -0.3 is 4.74 Å². The highest BCUT2D eigenvalue weighted by molar-refractivity contribution is 8.00. The van der Waals surface area contributed by atoms with E-state index in [1.165, 1.54) is 31.3 Å². The first-order chi connectivity index (χ1) is 8.47. The average Bonchev–Trinajstić information content (AvgIpc) is 2.29. The van der Waals surface area contributed by atoms with Gasteiger partial charge in [0.2, 0.25) is 0 Å². The first-order valence-electron chi connectivity index (χ1n) is 6.91. The zero-order chi connectivity index (χ0) is 13.6. The van der Waals surface area contributed by atoms with E-state index in [-0.39, 0.29) is 5.97 Å². The van der Waals surface area contributed by atoms with Crippen LogP contribution in [0.1, 0.15) is 59.8 Å². The van der Waals surface area contributed by atoms with Crippen molar-refractivity contribution in [2.24, 2.45) is 0 Å². The molecule has 1 aliphatic rings. The molecule has 0 spiro atoms. The van der Waals surface area contributed by atoms with Crippen molar-refractivity contribution in [3.05, 3.63) is 11.1 Å². The molecule has 0 saturated heterocycles. The lowest BCUT2D eigenvalue weighted by Crippen LogP contribution is -2.25. The number of rotatable bonds is 5. The summed E-state index contributed by atoms with van der Waals surface area (Å²) in [6.45, 7) is 9.11. The van der Waals surface area contributed by atoms with Gasteiger partial charge in [0.05, 0.1) is 13.0 Å². The number of esters is 1. The van der Waals surface area contributed by atoms with Gasteiger partial charge in [-0.1, -0.05) is 18.1 Å². The third-order valence-electron chi connectivity index (χ3n) is 3.68. The fraction of sp³-hybridized carbons (Fsp3) is 0.800. The van der Waals surface area contributed by atoms with Gasteiger partial charge >= 0.3 is 5.97 Å². The van der Waals surface area contributed by atoms with Crippen molar-refractivity contribution in [2.45, 2.75) is 64.5 Å². The summed E-state index contributed by atoms with van der Waals surface area (Å²) in [6, 6.07) is 0. The standard InChI is InChI=1S/C15H26O2S/c1-5-17-14(16)8-11-18-15(4)9-6-13(7-10-15)12(2)3/h5-11H2,1-4H3. The first kappa shape index (κ1) is 15.6. The highest BCUT2D eigenvalue weighted by Crippen LogP contribution is 2.42. The van der Waals surface area contributed by atoms with Gasteiger partial charge in [-0.15, -0.1) is 0 Å². The van der Waals surface area contributed by atoms with E-state index in [2.05, 4.69) is 20.8 Å². The molecule has 0 amide bonds. The van der Waals surface area contributed by atoms with Gasteiger partial charge in [0, 0.05) is 10.5 Å². The predicted octanol–water partition coefficient (Wildman–Crippen LogP) is 4.34. The molecule has 104 valence electrons. The van der Waals surface area contributed by atoms with Crippen molar-refractivity contribution in [3.8, 4) is 0 Å². The van der Waals surface area contributed by atoms with Crippen LogP contribution < -0.4 is 0 Å². The van der Waals surface area contributed by atoms with Gasteiger partial charge in [-0.25, -0.2) is 0 Å². The Morgan fingerprint density at radius 2 is 1.94 bits per heavy atom. The number of allylic oxidation sites excluding steroid dienone is 2. The maximum atomic E-state index is 11.3. The molecule has 0 aliphatic heterocycles. The topological polar surface area (TPSA) is 26.3 Å². The van der Waals surface area contributed by atoms with E-state index in [0.29, 0.717) is 17.8 Å². The quantitative estimate of drug-likeness (QED) is 0.549. The lowest BCUT2D eigenvalue weighted by atomic mass is 9.84. The second-order valence-electron chi connectivity index (χ2n) is 5.46. The highest BCUT2D eigenvalue weighted by atomic mass is 32.2. The molecule has 0 heterocycles. The van der Waals surface area contributed by atoms with Crippen LogP contribution in [0.5, 0.6) is 0 Å². The molecule has 1 rings (SSSR count). The molecule has 3 heteroatoms. The number of hydrogen-bond acceptors (Lipinski definition) is 3. The fourth-order valence-electron chi connectivity index (χ4n) is 2.34. The highest BCUT2D eigenvalue weighted by Gasteiger charge is 2.29. The Morgan fingerprint density at radius 1 is 1.33 bits per heavy atom. The van der Waals surface area contributed by atoms with Crippen LogP contribution in [0.2, 0.25) is 0 Å². The summed E-state index contributed by atoms with van der Waals surface area (Å²) >= 11 is 1.94. The summed E-state index contributed by atoms with van der Waals surface area (Å²) in [5.74, 6) is 0.828. The molecule has 0 radical (unpaired) electrons. The predicted molar refractivity (Wildman–Crippen MR) is 79.0 cm³/mol. The lowest BCUT2D eigenvalue weighted by molar-refractivity contribution is -0.142. The van der Waals surface area contributed by atoms with Crippen LogP contribution in [0, 0.1) is 0 Å². The van der Waals surface area contributed by atoms with Crippen LogP contribution in [0.15, 0.2) is 11.1 Å². The van der Waals surface area contributed by atoms with E-state index < -0.39 is 0 Å². The fourth-order valence-corrected chi connectivity index (χ4v) is 3.59. The Bertz CT molecular complexity index is 306. The molecular formula is C15H26O2S. The maximum Gasteiger partial charge on any atom is 0.306 e. The normalized spacial score (nSPS) is 23.9. The number of carbonyl (C=O) groups excluding carboxylic acids is 1. The van der Waals surface area contributed by atoms with Crippen molar-refractivity contribution in [1.82, 2.24) is 0 Å². The lowest BCUT2D eigenvalue weighted by Gasteiger charge is -2.34. The van der Waals surface area contributed by atoms with E-state index in [0.717, 1.165) is 5.75 Å². The second kappa shape index (κ2) is 7.22. The largest absolute Gasteiger partial charge is 0.466 e. The van der Waals surface area contributed by atoms with E-state index in [1.54, 1.807) is 5.57 Å². The minimum absolute atomic E-state index is 0.0607. The SMILES string of the molecule is CCOC(=O)CCSC1(C)CCC(=C(C)C)CC1. The first-order valence-corrected chi connectivity index (χ1v) is 7.90. The molecule has 1 fully saturated rings. The summed E-state index contributed by atoms with van der Waals surface area (Å²) < 4.78 is 5.31. The molecule has 0 aromatic carbocycles. The van der Waals surface area contributed by atoms with Crippen LogP contribution in [-0.4, -0.2) is 23.1 Å². The third kappa shape index (κ3) is 5.05. The van der Waals surface area contributed by atoms with Gasteiger partial charge in [-0.3, -0.25) is 4.79 Å². The summed E-state index contributed by atoms with van der Waals surface area (Å²) in [6.07, 6.45) is 5.47. The average molecular weight is 270 g/mol. The Kier molecular flexibility index (Phi) is 6.27. The van der Waals surface area contributed by atoms with Crippen LogP contribution in [0.4, 0.5) is 0 Å². The Morgan fingerprint density at radius 3 is 2.44 bits per heavy atom. The molecule has 0 atom stereocenters. The van der Waals surface area contributed by atoms with Crippen LogP contribution in [-0.2, 0) is 9.53 Å². The monoisotopic (exact) mass is 270 g/mol. The number of thioether (sulfide) groups is 1. The van der Waals surface area contributed by atoms with Gasteiger partial charge in [0.15, 0.2) is 0 Å². The molecular weight excluding hydrogens is 244 g/mol. The Balaban J connectivity index is 2.31. The molecule has 0 aromatic heterocycles. The molecule has 0 N–H and O–H groups in total. The van der Waals surface area contributed by atoms with Crippen molar-refractivity contribution in [2.75, 3.05) is 12.4 Å². The Hall–Kier alpha value is -0.440. The molecule has 2 nitrogen and oxygen atoms in total. The van der Waals surface area contributed by atoms with Crippen molar-refractivity contribution in [1.29, 1.82) is 0 Å². The number of hydrogen-bond donors (Lipinski definition) is 0. The van der Waals surface area contributed by atoms with Crippen LogP contribution >= 0.6 is 11.8 Å². The number of carbonyl (C=O) groups is 1. The molecule has 18 heavy (non-hydrogen) atoms. The smallest absolute Gasteiger partial charge is 0.306 e. The summed E-state index contributed by atoms with van der Waals surface area (Å²) in [7, 11) is 0. The van der Waals surface area contributed by atoms with Crippen molar-refractivity contribution in [3.63, 3.8) is 0 Å². The zero-order valence-corrected chi connectivity index (χ0v) is 13.0. The van der Waals surface area contributed by atoms with Crippen molar-refractivity contribution >= 4 is 17.7 Å². The van der Waals surface area contributed by atoms with Gasteiger partial charge in [0.25, 0.3) is 0 Å². The van der Waals surface area contributed by atoms with E-state index in [1.807, 2.05) is 18.7 Å². The molecule has 1 saturated carbocycles. The summed E-state index contributed by atoms with van der Waals surface area (Å²) in [4.78, 5) is 11.3. The summed E-state index contributed by atoms with van der Waals surface area (Å²) in [5, 5.41) is 0. The second-order valence-corrected chi connectivity index (χ2v) is 7.14. The maximum absolute atomic E-state index is 11.3. The zero-order valence-electron chi connectivity index (χ0n) is 12.2. The van der Waals surface area contributed by atoms with E-state index >= 15 is 0 Å². The van der Waals surface area contributed by atoms with Gasteiger partial charge in [-0.05, 0) is 46.5 Å². The third-order valence-corrected chi connectivity index (χ3v) is 5.19. The minimum atomic E-state index is -0.0607. The van der Waals surface area contributed by atoms with Crippen LogP contribution in [0.3, 0.4) is 0 Å². The summed E-state index contributed by atoms with van der Waals surface area (Å²) in [5.41, 5.74) is 3.13. The van der Waals surface area contributed by atoms with Gasteiger partial charge in [-0.2, -0.15) is 11.8 Å². The molecule has 0 unspecified atom stereocenters. The molecule has 0 bridgehead atoms.